The zero-order valence-electron chi connectivity index (χ0n) is 46.6. The lowest BCUT2D eigenvalue weighted by Gasteiger charge is -2.30. The molecule has 23 N–H and O–H groups in total. The lowest BCUT2D eigenvalue weighted by molar-refractivity contribution is -0.142. The van der Waals surface area contributed by atoms with Crippen molar-refractivity contribution in [2.45, 2.75) is 193 Å². The van der Waals surface area contributed by atoms with Crippen molar-refractivity contribution in [3.63, 3.8) is 0 Å². The van der Waals surface area contributed by atoms with E-state index in [9.17, 15) is 57.8 Å². The van der Waals surface area contributed by atoms with Crippen molar-refractivity contribution < 1.29 is 63.0 Å². The quantitative estimate of drug-likeness (QED) is 0.0155. The highest BCUT2D eigenvalue weighted by Crippen LogP contribution is 2.14. The Morgan fingerprint density at radius 1 is 0.487 bits per heavy atom. The number of hydrogen-bond donors (Lipinski definition) is 17. The van der Waals surface area contributed by atoms with Crippen LogP contribution in [0.1, 0.15) is 132 Å². The maximum atomic E-state index is 14.3. The number of rotatable bonds is 40. The summed E-state index contributed by atoms with van der Waals surface area (Å²) < 4.78 is 0. The molecule has 0 fully saturated rings. The molecule has 0 bridgehead atoms. The predicted octanol–water partition coefficient (Wildman–Crippen LogP) is -4.88. The molecule has 29 nitrogen and oxygen atoms in total. The Hall–Kier alpha value is -6.72. The molecule has 446 valence electrons. The van der Waals surface area contributed by atoms with E-state index in [-0.39, 0.29) is 69.9 Å². The fraction of sp³-hybridized carbons (Fsp3) is 0.755. The Bertz CT molecular complexity index is 2010. The summed E-state index contributed by atoms with van der Waals surface area (Å²) in [6.45, 7) is 12.4. The van der Waals surface area contributed by atoms with Gasteiger partial charge >= 0.3 is 5.97 Å². The van der Waals surface area contributed by atoms with Crippen molar-refractivity contribution in [2.75, 3.05) is 26.2 Å². The van der Waals surface area contributed by atoms with E-state index in [1.165, 1.54) is 13.8 Å². The average molecular weight is 1110 g/mol. The van der Waals surface area contributed by atoms with E-state index in [1.54, 1.807) is 41.5 Å². The molecule has 78 heavy (non-hydrogen) atoms. The number of hydrogen-bond acceptors (Lipinski definition) is 16. The highest BCUT2D eigenvalue weighted by atomic mass is 16.4. The fourth-order valence-electron chi connectivity index (χ4n) is 7.49. The topological polar surface area (TPSA) is 505 Å². The molecule has 0 aliphatic heterocycles. The summed E-state index contributed by atoms with van der Waals surface area (Å²) in [7, 11) is 0. The number of carbonyl (C=O) groups is 11. The number of carboxylic acid groups (broad SMARTS) is 1. The maximum Gasteiger partial charge on any atom is 0.325 e. The molecular formula is C49H92N16O13. The first kappa shape index (κ1) is 71.3. The van der Waals surface area contributed by atoms with Crippen molar-refractivity contribution in [2.24, 2.45) is 57.1 Å². The number of nitrogens with zero attached hydrogens (tertiary/aromatic N) is 1. The molecule has 0 saturated carbocycles. The minimum atomic E-state index is -1.56. The lowest BCUT2D eigenvalue weighted by atomic mass is 9.96. The number of carboxylic acids is 1. The highest BCUT2D eigenvalue weighted by Gasteiger charge is 2.36. The fourth-order valence-corrected chi connectivity index (χ4v) is 7.49. The Labute approximate surface area is 457 Å². The minimum absolute atomic E-state index is 0.0407. The molecule has 0 heterocycles. The third kappa shape index (κ3) is 28.1. The Balaban J connectivity index is 6.64. The normalized spacial score (nSPS) is 15.4. The van der Waals surface area contributed by atoms with Gasteiger partial charge in [-0.15, -0.1) is 0 Å². The molecule has 29 heteroatoms. The lowest BCUT2D eigenvalue weighted by Crippen LogP contribution is -2.61. The van der Waals surface area contributed by atoms with Crippen molar-refractivity contribution in [1.82, 2.24) is 47.9 Å². The molecule has 0 aliphatic rings. The van der Waals surface area contributed by atoms with E-state index in [2.05, 4.69) is 52.8 Å². The molecule has 0 rings (SSSR count). The number of amides is 10. The SMILES string of the molecule is CC[C@H](C)[C@H](NC(=O)[C@H](CCCCN)NC(=O)[C@H](CCCCN)NC(=O)[C@@H](N)CCC(N)=O)C(=O)N[C@@H](CCCN=C(N)N)C(=O)N[C@H](C(=O)N[C@@H](C)C(=O)N[C@@H](CC(C)C)C(=O)N[C@@H](CO)C(=O)N[C@@H](C)C(=O)O)C(C)C. The molecule has 11 atom stereocenters. The van der Waals surface area contributed by atoms with Crippen molar-refractivity contribution >= 4 is 71.0 Å². The van der Waals surface area contributed by atoms with E-state index < -0.39 is 144 Å². The second kappa shape index (κ2) is 37.9. The van der Waals surface area contributed by atoms with Crippen LogP contribution in [-0.2, 0) is 52.7 Å². The molecule has 0 unspecified atom stereocenters. The van der Waals surface area contributed by atoms with Crippen LogP contribution in [0.2, 0.25) is 0 Å². The monoisotopic (exact) mass is 1110 g/mol. The second-order valence-electron chi connectivity index (χ2n) is 20.1. The number of aliphatic hydroxyl groups is 1. The first-order chi connectivity index (χ1) is 36.5. The van der Waals surface area contributed by atoms with Gasteiger partial charge in [0.1, 0.15) is 54.4 Å². The van der Waals surface area contributed by atoms with Crippen LogP contribution in [0, 0.1) is 17.8 Å². The van der Waals surface area contributed by atoms with Crippen LogP contribution in [0.3, 0.4) is 0 Å². The molecular weight excluding hydrogens is 1020 g/mol. The van der Waals surface area contributed by atoms with Gasteiger partial charge in [-0.2, -0.15) is 0 Å². The second-order valence-corrected chi connectivity index (χ2v) is 20.1. The Kier molecular flexibility index (Phi) is 34.7. The van der Waals surface area contributed by atoms with Crippen LogP contribution in [-0.4, -0.2) is 168 Å². The van der Waals surface area contributed by atoms with Gasteiger partial charge in [-0.3, -0.25) is 57.7 Å². The van der Waals surface area contributed by atoms with Gasteiger partial charge in [-0.1, -0.05) is 48.0 Å². The third-order valence-corrected chi connectivity index (χ3v) is 12.5. The van der Waals surface area contributed by atoms with Gasteiger partial charge in [-0.05, 0) is 109 Å². The number of carbonyl (C=O) groups excluding carboxylic acids is 10. The molecule has 0 aromatic rings. The smallest absolute Gasteiger partial charge is 0.325 e. The first-order valence-corrected chi connectivity index (χ1v) is 26.6. The van der Waals surface area contributed by atoms with E-state index in [0.29, 0.717) is 38.6 Å². The number of unbranched alkanes of at least 4 members (excludes halogenated alkanes) is 2. The molecule has 0 aliphatic carbocycles. The number of guanidine groups is 1. The van der Waals surface area contributed by atoms with Crippen molar-refractivity contribution in [1.29, 1.82) is 0 Å². The largest absolute Gasteiger partial charge is 0.480 e. The number of nitrogens with two attached hydrogens (primary N) is 6. The number of aliphatic carboxylic acids is 1. The van der Waals surface area contributed by atoms with E-state index in [1.807, 2.05) is 0 Å². The van der Waals surface area contributed by atoms with Gasteiger partial charge < -0.3 is 92.5 Å². The Morgan fingerprint density at radius 2 is 0.910 bits per heavy atom. The third-order valence-electron chi connectivity index (χ3n) is 12.5. The van der Waals surface area contributed by atoms with Gasteiger partial charge in [0, 0.05) is 13.0 Å². The number of aliphatic imine (C=N–C) groups is 1. The van der Waals surface area contributed by atoms with Crippen LogP contribution < -0.4 is 82.3 Å². The Morgan fingerprint density at radius 3 is 1.37 bits per heavy atom. The summed E-state index contributed by atoms with van der Waals surface area (Å²) in [6, 6.07) is -13.0. The van der Waals surface area contributed by atoms with Crippen LogP contribution >= 0.6 is 0 Å². The zero-order valence-corrected chi connectivity index (χ0v) is 46.6. The number of aliphatic hydroxyl groups excluding tert-OH is 1. The van der Waals surface area contributed by atoms with Crippen molar-refractivity contribution in [3.8, 4) is 0 Å². The van der Waals surface area contributed by atoms with Gasteiger partial charge in [0.2, 0.25) is 59.1 Å². The number of primary amides is 1. The summed E-state index contributed by atoms with van der Waals surface area (Å²) in [5.41, 5.74) is 33.6. The maximum absolute atomic E-state index is 14.3. The molecule has 0 aromatic heterocycles. The number of nitrogens with one attached hydrogen (secondary N) is 9. The van der Waals surface area contributed by atoms with Crippen molar-refractivity contribution in [3.05, 3.63) is 0 Å². The standard InChI is InChI=1S/C49H92N16O13/c1-9-27(6)38(65-43(72)32(16-11-13-21-51)60-41(70)31(15-10-12-20-50)59-40(69)30(52)18-19-36(53)67)47(76)61-33(17-14-22-56-49(54)55)42(71)64-37(26(4)5)46(75)57-28(7)39(68)62-34(23-25(2)3)44(73)63-35(24-66)45(74)58-29(8)48(77)78/h25-35,37-38,66H,9-24,50-52H2,1-8H3,(H2,53,67)(H,57,75)(H,58,74)(H,59,69)(H,60,70)(H,61,76)(H,62,68)(H,63,73)(H,64,71)(H,65,72)(H,77,78)(H4,54,55,56)/t27-,28-,29-,30-,31-,32-,33-,34-,35-,37-,38-/m0/s1. The summed E-state index contributed by atoms with van der Waals surface area (Å²) in [4.78, 5) is 150. The average Bonchev–Trinajstić information content (AvgIpc) is 3.36. The van der Waals surface area contributed by atoms with Crippen LogP contribution in [0.5, 0.6) is 0 Å². The molecule has 0 saturated heterocycles. The van der Waals surface area contributed by atoms with Gasteiger partial charge in [0.25, 0.3) is 0 Å². The molecule has 0 aromatic carbocycles. The van der Waals surface area contributed by atoms with Crippen LogP contribution in [0.15, 0.2) is 4.99 Å². The van der Waals surface area contributed by atoms with E-state index in [4.69, 9.17) is 39.5 Å². The summed E-state index contributed by atoms with van der Waals surface area (Å²) in [5.74, 6) is -10.9. The van der Waals surface area contributed by atoms with Crippen LogP contribution in [0.4, 0.5) is 0 Å². The van der Waals surface area contributed by atoms with Gasteiger partial charge in [-0.25, -0.2) is 0 Å². The zero-order chi connectivity index (χ0) is 59.8. The summed E-state index contributed by atoms with van der Waals surface area (Å²) in [6.07, 6.45) is 2.24. The predicted molar refractivity (Wildman–Crippen MR) is 289 cm³/mol. The molecule has 10 amide bonds. The van der Waals surface area contributed by atoms with Gasteiger partial charge in [0.05, 0.1) is 12.6 Å². The first-order valence-electron chi connectivity index (χ1n) is 26.6. The van der Waals surface area contributed by atoms with E-state index in [0.717, 1.165) is 0 Å². The molecule has 0 radical (unpaired) electrons. The van der Waals surface area contributed by atoms with Gasteiger partial charge in [0.15, 0.2) is 5.96 Å². The van der Waals surface area contributed by atoms with Crippen LogP contribution in [0.25, 0.3) is 0 Å². The minimum Gasteiger partial charge on any atom is -0.480 e. The summed E-state index contributed by atoms with van der Waals surface area (Å²) in [5, 5.41) is 41.9. The highest BCUT2D eigenvalue weighted by molar-refractivity contribution is 5.98. The summed E-state index contributed by atoms with van der Waals surface area (Å²) >= 11 is 0. The van der Waals surface area contributed by atoms with E-state index >= 15 is 0 Å². The molecule has 0 spiro atoms.